The maximum absolute atomic E-state index is 12.4. The highest BCUT2D eigenvalue weighted by atomic mass is 19.3. The maximum Gasteiger partial charge on any atom is 0.345 e. The molecule has 0 bridgehead atoms. The average molecular weight is 233 g/mol. The van der Waals surface area contributed by atoms with Crippen LogP contribution in [0.15, 0.2) is 6.20 Å². The van der Waals surface area contributed by atoms with E-state index >= 15 is 0 Å². The molecule has 0 atom stereocenters. The molecule has 0 saturated heterocycles. The lowest BCUT2D eigenvalue weighted by atomic mass is 10.1. The molecule has 0 aliphatic rings. The van der Waals surface area contributed by atoms with E-state index in [1.54, 1.807) is 0 Å². The lowest BCUT2D eigenvalue weighted by molar-refractivity contribution is -0.386. The van der Waals surface area contributed by atoms with Crippen molar-refractivity contribution in [2.24, 2.45) is 0 Å². The minimum atomic E-state index is -3.25. The van der Waals surface area contributed by atoms with Crippen molar-refractivity contribution in [3.8, 4) is 0 Å². The van der Waals surface area contributed by atoms with Crippen molar-refractivity contribution in [2.45, 2.75) is 6.43 Å². The summed E-state index contributed by atoms with van der Waals surface area (Å²) in [6.45, 7) is 0. The first kappa shape index (κ1) is 11.8. The van der Waals surface area contributed by atoms with Crippen LogP contribution < -0.4 is 5.73 Å². The quantitative estimate of drug-likeness (QED) is 0.598. The monoisotopic (exact) mass is 233 g/mol. The Morgan fingerprint density at radius 2 is 2.19 bits per heavy atom. The van der Waals surface area contributed by atoms with Crippen LogP contribution in [0.2, 0.25) is 0 Å². The highest BCUT2D eigenvalue weighted by molar-refractivity contribution is 5.98. The van der Waals surface area contributed by atoms with Crippen molar-refractivity contribution in [3.05, 3.63) is 27.6 Å². The molecule has 3 N–H and O–H groups in total. The number of carboxylic acid groups (broad SMARTS) is 1. The number of pyridine rings is 1. The summed E-state index contributed by atoms with van der Waals surface area (Å²) in [5.74, 6) is -1.76. The van der Waals surface area contributed by atoms with Crippen LogP contribution in [0.1, 0.15) is 22.5 Å². The molecule has 0 aromatic carbocycles. The Morgan fingerprint density at radius 1 is 1.62 bits per heavy atom. The molecule has 0 aliphatic carbocycles. The molecule has 0 fully saturated rings. The third kappa shape index (κ3) is 1.87. The smallest absolute Gasteiger partial charge is 0.345 e. The van der Waals surface area contributed by atoms with Crippen LogP contribution >= 0.6 is 0 Å². The molecule has 0 radical (unpaired) electrons. The van der Waals surface area contributed by atoms with E-state index in [4.69, 9.17) is 10.8 Å². The number of aromatic nitrogens is 1. The molecule has 1 heterocycles. The zero-order valence-electron chi connectivity index (χ0n) is 7.55. The minimum absolute atomic E-state index is 0.538. The zero-order valence-corrected chi connectivity index (χ0v) is 7.55. The lowest BCUT2D eigenvalue weighted by Gasteiger charge is -2.05. The topological polar surface area (TPSA) is 119 Å². The normalized spacial score (nSPS) is 10.4. The maximum atomic E-state index is 12.4. The Hall–Kier alpha value is -2.32. The number of carboxylic acids is 1. The summed E-state index contributed by atoms with van der Waals surface area (Å²) in [4.78, 5) is 23.0. The number of aromatic carboxylic acids is 1. The van der Waals surface area contributed by atoms with Crippen molar-refractivity contribution in [1.82, 2.24) is 4.98 Å². The number of anilines is 1. The first-order valence-electron chi connectivity index (χ1n) is 3.80. The predicted octanol–water partition coefficient (Wildman–Crippen LogP) is 1.21. The van der Waals surface area contributed by atoms with Crippen molar-refractivity contribution < 1.29 is 23.6 Å². The third-order valence-corrected chi connectivity index (χ3v) is 1.71. The van der Waals surface area contributed by atoms with Crippen LogP contribution in [0, 0.1) is 10.1 Å². The number of nitro groups is 1. The van der Waals surface area contributed by atoms with E-state index in [9.17, 15) is 23.7 Å². The highest BCUT2D eigenvalue weighted by Gasteiger charge is 2.32. The number of nitrogens with zero attached hydrogens (tertiary/aromatic N) is 2. The van der Waals surface area contributed by atoms with E-state index < -0.39 is 40.0 Å². The van der Waals surface area contributed by atoms with E-state index in [0.29, 0.717) is 6.20 Å². The number of hydrogen-bond donors (Lipinski definition) is 2. The van der Waals surface area contributed by atoms with Crippen molar-refractivity contribution in [3.63, 3.8) is 0 Å². The second-order valence-electron chi connectivity index (χ2n) is 2.69. The Balaban J connectivity index is 3.63. The summed E-state index contributed by atoms with van der Waals surface area (Å²) in [5.41, 5.74) is 1.13. The van der Waals surface area contributed by atoms with Gasteiger partial charge in [0.25, 0.3) is 6.43 Å². The fourth-order valence-electron chi connectivity index (χ4n) is 1.10. The van der Waals surface area contributed by atoms with Gasteiger partial charge in [-0.25, -0.2) is 18.6 Å². The van der Waals surface area contributed by atoms with Gasteiger partial charge in [-0.1, -0.05) is 0 Å². The van der Waals surface area contributed by atoms with Crippen molar-refractivity contribution >= 4 is 17.3 Å². The molecule has 86 valence electrons. The molecular weight excluding hydrogens is 228 g/mol. The number of alkyl halides is 2. The first-order valence-corrected chi connectivity index (χ1v) is 3.80. The van der Waals surface area contributed by atoms with Crippen LogP contribution in [-0.2, 0) is 0 Å². The molecule has 1 aromatic rings. The molecule has 7 nitrogen and oxygen atoms in total. The van der Waals surface area contributed by atoms with Crippen LogP contribution in [0.3, 0.4) is 0 Å². The van der Waals surface area contributed by atoms with Gasteiger partial charge in [-0.3, -0.25) is 10.1 Å². The average Bonchev–Trinajstić information content (AvgIpc) is 2.15. The molecule has 0 spiro atoms. The van der Waals surface area contributed by atoms with E-state index in [1.165, 1.54) is 0 Å². The summed E-state index contributed by atoms with van der Waals surface area (Å²) in [7, 11) is 0. The number of nitrogens with two attached hydrogens (primary N) is 1. The van der Waals surface area contributed by atoms with Crippen molar-refractivity contribution in [2.75, 3.05) is 5.73 Å². The lowest BCUT2D eigenvalue weighted by Crippen LogP contribution is -2.11. The molecule has 0 amide bonds. The molecule has 0 saturated carbocycles. The standard InChI is InChI=1S/C7H5F2N3O4/c8-6(9)4-5(12(15)16)3(7(13)14)2(10)1-11-4/h1,6H,10H2,(H,13,14). The Labute approximate surface area is 86.7 Å². The van der Waals surface area contributed by atoms with Gasteiger partial charge in [0.15, 0.2) is 11.3 Å². The van der Waals surface area contributed by atoms with Crippen LogP contribution in [0.25, 0.3) is 0 Å². The SMILES string of the molecule is Nc1cnc(C(F)F)c([N+](=O)[O-])c1C(=O)O. The number of carbonyl (C=O) groups is 1. The fourth-order valence-corrected chi connectivity index (χ4v) is 1.10. The van der Waals surface area contributed by atoms with Gasteiger partial charge < -0.3 is 10.8 Å². The molecular formula is C7H5F2N3O4. The number of halogens is 2. The minimum Gasteiger partial charge on any atom is -0.477 e. The second kappa shape index (κ2) is 4.04. The summed E-state index contributed by atoms with van der Waals surface area (Å²) in [6.07, 6.45) is -2.60. The Kier molecular flexibility index (Phi) is 2.97. The van der Waals surface area contributed by atoms with E-state index in [1.807, 2.05) is 0 Å². The van der Waals surface area contributed by atoms with Gasteiger partial charge in [-0.2, -0.15) is 0 Å². The first-order chi connectivity index (χ1) is 7.36. The Bertz CT molecular complexity index is 463. The van der Waals surface area contributed by atoms with Gasteiger partial charge in [-0.05, 0) is 0 Å². The molecule has 1 rings (SSSR count). The van der Waals surface area contributed by atoms with Gasteiger partial charge in [0.2, 0.25) is 0 Å². The largest absolute Gasteiger partial charge is 0.477 e. The number of rotatable bonds is 3. The number of nitrogen functional groups attached to an aromatic ring is 1. The van der Waals surface area contributed by atoms with Gasteiger partial charge in [0, 0.05) is 0 Å². The summed E-state index contributed by atoms with van der Waals surface area (Å²) >= 11 is 0. The van der Waals surface area contributed by atoms with Gasteiger partial charge in [-0.15, -0.1) is 0 Å². The summed E-state index contributed by atoms with van der Waals surface area (Å²) < 4.78 is 24.7. The van der Waals surface area contributed by atoms with Gasteiger partial charge in [0.05, 0.1) is 16.8 Å². The van der Waals surface area contributed by atoms with Gasteiger partial charge in [0.1, 0.15) is 0 Å². The molecule has 9 heteroatoms. The van der Waals surface area contributed by atoms with Crippen molar-refractivity contribution in [1.29, 1.82) is 0 Å². The van der Waals surface area contributed by atoms with E-state index in [2.05, 4.69) is 4.98 Å². The molecule has 1 aromatic heterocycles. The highest BCUT2D eigenvalue weighted by Crippen LogP contribution is 2.32. The zero-order chi connectivity index (χ0) is 12.5. The van der Waals surface area contributed by atoms with Crippen LogP contribution in [0.5, 0.6) is 0 Å². The fraction of sp³-hybridized carbons (Fsp3) is 0.143. The molecule has 0 aliphatic heterocycles. The number of hydrogen-bond acceptors (Lipinski definition) is 5. The Morgan fingerprint density at radius 3 is 2.56 bits per heavy atom. The summed E-state index contributed by atoms with van der Waals surface area (Å²) in [5, 5.41) is 19.2. The molecule has 0 unspecified atom stereocenters. The van der Waals surface area contributed by atoms with E-state index in [0.717, 1.165) is 0 Å². The summed E-state index contributed by atoms with van der Waals surface area (Å²) in [6, 6.07) is 0. The van der Waals surface area contributed by atoms with Gasteiger partial charge >= 0.3 is 11.7 Å². The molecule has 16 heavy (non-hydrogen) atoms. The predicted molar refractivity (Wildman–Crippen MR) is 47.2 cm³/mol. The third-order valence-electron chi connectivity index (χ3n) is 1.71. The van der Waals surface area contributed by atoms with Crippen LogP contribution in [-0.4, -0.2) is 21.0 Å². The second-order valence-corrected chi connectivity index (χ2v) is 2.69. The van der Waals surface area contributed by atoms with Crippen LogP contribution in [0.4, 0.5) is 20.2 Å². The van der Waals surface area contributed by atoms with E-state index in [-0.39, 0.29) is 0 Å².